The van der Waals surface area contributed by atoms with Crippen molar-refractivity contribution in [3.05, 3.63) is 47.0 Å². The van der Waals surface area contributed by atoms with Gasteiger partial charge in [0.2, 0.25) is 0 Å². The van der Waals surface area contributed by atoms with E-state index in [1.54, 1.807) is 6.07 Å². The second kappa shape index (κ2) is 8.11. The summed E-state index contributed by atoms with van der Waals surface area (Å²) in [5, 5.41) is 18.9. The highest BCUT2D eigenvalue weighted by Crippen LogP contribution is 2.41. The van der Waals surface area contributed by atoms with Gasteiger partial charge >= 0.3 is 0 Å². The Morgan fingerprint density at radius 2 is 2.26 bits per heavy atom. The Morgan fingerprint density at radius 1 is 1.48 bits per heavy atom. The molecule has 0 bridgehead atoms. The van der Waals surface area contributed by atoms with Gasteiger partial charge in [0, 0.05) is 18.0 Å². The number of anilines is 3. The van der Waals surface area contributed by atoms with Crippen LogP contribution in [0.2, 0.25) is 0 Å². The van der Waals surface area contributed by atoms with E-state index in [0.29, 0.717) is 5.92 Å². The lowest BCUT2D eigenvalue weighted by molar-refractivity contribution is 0.0165. The molecular weight excluding hydrogens is 353 g/mol. The molecule has 1 amide bonds. The highest BCUT2D eigenvalue weighted by molar-refractivity contribution is 6.03. The zero-order valence-corrected chi connectivity index (χ0v) is 14.5. The van der Waals surface area contributed by atoms with Crippen LogP contribution in [-0.4, -0.2) is 35.4 Å². The maximum absolute atomic E-state index is 14.5. The number of hydroxylamine groups is 1. The lowest BCUT2D eigenvalue weighted by Crippen LogP contribution is -2.27. The van der Waals surface area contributed by atoms with Crippen molar-refractivity contribution in [1.29, 1.82) is 5.41 Å². The monoisotopic (exact) mass is 373 g/mol. The van der Waals surface area contributed by atoms with Crippen LogP contribution in [0.5, 0.6) is 0 Å². The molecular formula is C18H20FN5O3. The second-order valence-electron chi connectivity index (χ2n) is 6.14. The van der Waals surface area contributed by atoms with E-state index in [1.807, 2.05) is 6.07 Å². The summed E-state index contributed by atoms with van der Waals surface area (Å²) < 4.78 is 14.5. The molecule has 1 saturated carbocycles. The number of hydrogen-bond acceptors (Lipinski definition) is 7. The van der Waals surface area contributed by atoms with Gasteiger partial charge < -0.3 is 21.6 Å². The molecule has 3 rings (SSSR count). The van der Waals surface area contributed by atoms with Gasteiger partial charge in [-0.15, -0.1) is 0 Å². The molecule has 1 aliphatic rings. The van der Waals surface area contributed by atoms with Crippen LogP contribution in [0, 0.1) is 11.2 Å². The van der Waals surface area contributed by atoms with Crippen LogP contribution in [0.4, 0.5) is 21.5 Å². The fourth-order valence-corrected chi connectivity index (χ4v) is 2.60. The van der Waals surface area contributed by atoms with Gasteiger partial charge in [0.1, 0.15) is 5.82 Å². The molecule has 1 aliphatic carbocycles. The quantitative estimate of drug-likeness (QED) is 0.273. The van der Waals surface area contributed by atoms with Gasteiger partial charge in [-0.2, -0.15) is 0 Å². The van der Waals surface area contributed by atoms with E-state index in [0.717, 1.165) is 24.6 Å². The summed E-state index contributed by atoms with van der Waals surface area (Å²) in [7, 11) is 0. The van der Waals surface area contributed by atoms with Crippen LogP contribution < -0.4 is 16.5 Å². The van der Waals surface area contributed by atoms with Crippen LogP contribution in [0.3, 0.4) is 0 Å². The van der Waals surface area contributed by atoms with Crippen LogP contribution in [-0.2, 0) is 4.84 Å². The summed E-state index contributed by atoms with van der Waals surface area (Å²) in [5.41, 5.74) is 9.55. The number of halogens is 1. The topological polar surface area (TPSA) is 133 Å². The molecule has 0 saturated heterocycles. The SMILES string of the molecule is N=Cc1cnc(C(=O)NOCCO)c(Nc2ccc(C3CC3)cc2F)c1N. The number of pyridine rings is 1. The molecule has 1 heterocycles. The van der Waals surface area contributed by atoms with Crippen molar-refractivity contribution in [2.45, 2.75) is 18.8 Å². The van der Waals surface area contributed by atoms with Crippen molar-refractivity contribution in [2.24, 2.45) is 0 Å². The lowest BCUT2D eigenvalue weighted by atomic mass is 10.1. The summed E-state index contributed by atoms with van der Waals surface area (Å²) in [6.07, 6.45) is 4.37. The predicted molar refractivity (Wildman–Crippen MR) is 98.7 cm³/mol. The Labute approximate surface area is 155 Å². The number of aromatic nitrogens is 1. The minimum absolute atomic E-state index is 0.0687. The number of aliphatic hydroxyl groups is 1. The number of rotatable bonds is 8. The van der Waals surface area contributed by atoms with Crippen molar-refractivity contribution in [3.8, 4) is 0 Å². The molecule has 1 aromatic carbocycles. The fraction of sp³-hybridized carbons (Fsp3) is 0.278. The Bertz CT molecular complexity index is 870. The summed E-state index contributed by atoms with van der Waals surface area (Å²) in [4.78, 5) is 21.1. The summed E-state index contributed by atoms with van der Waals surface area (Å²) >= 11 is 0. The molecule has 1 aromatic heterocycles. The number of nitrogens with two attached hydrogens (primary N) is 1. The van der Waals surface area contributed by atoms with Crippen LogP contribution in [0.1, 0.15) is 40.4 Å². The molecule has 0 unspecified atom stereocenters. The van der Waals surface area contributed by atoms with E-state index >= 15 is 0 Å². The molecule has 2 aromatic rings. The Balaban J connectivity index is 1.92. The fourth-order valence-electron chi connectivity index (χ4n) is 2.60. The molecule has 142 valence electrons. The van der Waals surface area contributed by atoms with E-state index in [-0.39, 0.29) is 41.5 Å². The van der Waals surface area contributed by atoms with Crippen molar-refractivity contribution < 1.29 is 19.1 Å². The first-order valence-corrected chi connectivity index (χ1v) is 8.43. The van der Waals surface area contributed by atoms with Crippen LogP contribution in [0.15, 0.2) is 24.4 Å². The number of nitrogens with zero attached hydrogens (tertiary/aromatic N) is 1. The lowest BCUT2D eigenvalue weighted by Gasteiger charge is -2.16. The average molecular weight is 373 g/mol. The standard InChI is InChI=1S/C18H20FN5O3/c19-13-7-11(10-1-2-10)3-4-14(13)23-16-15(21)12(8-20)9-22-17(16)18(26)24-27-6-5-25/h3-4,7-10,20,23,25H,1-2,5-6H2,(H2,21,22)(H,24,26). The number of aliphatic hydroxyl groups excluding tert-OH is 1. The molecule has 27 heavy (non-hydrogen) atoms. The molecule has 0 aliphatic heterocycles. The number of hydrogen-bond donors (Lipinski definition) is 5. The molecule has 6 N–H and O–H groups in total. The van der Waals surface area contributed by atoms with E-state index in [9.17, 15) is 9.18 Å². The maximum Gasteiger partial charge on any atom is 0.295 e. The van der Waals surface area contributed by atoms with Gasteiger partial charge in [0.05, 0.1) is 30.3 Å². The highest BCUT2D eigenvalue weighted by atomic mass is 19.1. The van der Waals surface area contributed by atoms with Gasteiger partial charge in [-0.1, -0.05) is 6.07 Å². The molecule has 8 nitrogen and oxygen atoms in total. The number of nitrogens with one attached hydrogen (secondary N) is 3. The third-order valence-corrected chi connectivity index (χ3v) is 4.18. The van der Waals surface area contributed by atoms with Gasteiger partial charge in [0.15, 0.2) is 5.69 Å². The largest absolute Gasteiger partial charge is 0.396 e. The number of benzene rings is 1. The van der Waals surface area contributed by atoms with E-state index in [2.05, 4.69) is 15.8 Å². The van der Waals surface area contributed by atoms with Gasteiger partial charge in [-0.3, -0.25) is 9.63 Å². The summed E-state index contributed by atoms with van der Waals surface area (Å²) in [5.74, 6) is -0.780. The van der Waals surface area contributed by atoms with Gasteiger partial charge in [-0.25, -0.2) is 14.9 Å². The average Bonchev–Trinajstić information content (AvgIpc) is 3.50. The molecule has 0 atom stereocenters. The van der Waals surface area contributed by atoms with Crippen molar-refractivity contribution >= 4 is 29.2 Å². The molecule has 1 fully saturated rings. The first-order valence-electron chi connectivity index (χ1n) is 8.43. The van der Waals surface area contributed by atoms with E-state index in [4.69, 9.17) is 21.1 Å². The Kier molecular flexibility index (Phi) is 5.63. The number of carbonyl (C=O) groups excluding carboxylic acids is 1. The molecule has 0 spiro atoms. The third-order valence-electron chi connectivity index (χ3n) is 4.18. The van der Waals surface area contributed by atoms with Crippen LogP contribution in [0.25, 0.3) is 0 Å². The van der Waals surface area contributed by atoms with Crippen LogP contribution >= 0.6 is 0 Å². The first-order chi connectivity index (χ1) is 13.0. The maximum atomic E-state index is 14.5. The predicted octanol–water partition coefficient (Wildman–Crippen LogP) is 2.08. The zero-order chi connectivity index (χ0) is 19.4. The number of amides is 1. The number of nitrogen functional groups attached to an aromatic ring is 1. The van der Waals surface area contributed by atoms with Gasteiger partial charge in [0.25, 0.3) is 5.91 Å². The van der Waals surface area contributed by atoms with Crippen molar-refractivity contribution in [3.63, 3.8) is 0 Å². The summed E-state index contributed by atoms with van der Waals surface area (Å²) in [6.45, 7) is -0.369. The third kappa shape index (κ3) is 4.21. The Hall–Kier alpha value is -3.04. The normalized spacial score (nSPS) is 13.3. The first kappa shape index (κ1) is 18.7. The second-order valence-corrected chi connectivity index (χ2v) is 6.14. The number of carbonyl (C=O) groups is 1. The zero-order valence-electron chi connectivity index (χ0n) is 14.5. The van der Waals surface area contributed by atoms with Crippen molar-refractivity contribution in [1.82, 2.24) is 10.5 Å². The van der Waals surface area contributed by atoms with Crippen molar-refractivity contribution in [2.75, 3.05) is 24.3 Å². The minimum Gasteiger partial charge on any atom is -0.396 e. The summed E-state index contributed by atoms with van der Waals surface area (Å²) in [6, 6.07) is 4.88. The molecule has 9 heteroatoms. The molecule has 0 radical (unpaired) electrons. The van der Waals surface area contributed by atoms with Gasteiger partial charge in [-0.05, 0) is 36.5 Å². The minimum atomic E-state index is -0.718. The Morgan fingerprint density at radius 3 is 2.89 bits per heavy atom. The van der Waals surface area contributed by atoms with E-state index < -0.39 is 11.7 Å². The smallest absolute Gasteiger partial charge is 0.295 e. The van der Waals surface area contributed by atoms with E-state index in [1.165, 1.54) is 12.3 Å². The highest BCUT2D eigenvalue weighted by Gasteiger charge is 2.25.